The third kappa shape index (κ3) is 0.518. The van der Waals surface area contributed by atoms with Crippen molar-refractivity contribution in [1.29, 1.82) is 0 Å². The second-order valence-electron chi connectivity index (χ2n) is 3.51. The monoisotopic (exact) mass is 142 g/mol. The van der Waals surface area contributed by atoms with Crippen LogP contribution in [0, 0.1) is 6.92 Å². The summed E-state index contributed by atoms with van der Waals surface area (Å²) in [7, 11) is 0. The molecule has 11 heavy (non-hydrogen) atoms. The van der Waals surface area contributed by atoms with Crippen LogP contribution in [0.2, 0.25) is 0 Å². The Morgan fingerprint density at radius 2 is 1.73 bits per heavy atom. The van der Waals surface area contributed by atoms with Crippen molar-refractivity contribution < 1.29 is 0 Å². The summed E-state index contributed by atoms with van der Waals surface area (Å²) >= 11 is 0. The molecule has 0 saturated carbocycles. The topological polar surface area (TPSA) is 0 Å². The maximum Gasteiger partial charge on any atom is -0.00107 e. The van der Waals surface area contributed by atoms with Gasteiger partial charge in [-0.1, -0.05) is 12.7 Å². The fourth-order valence-electron chi connectivity index (χ4n) is 2.12. The molecule has 0 unspecified atom stereocenters. The summed E-state index contributed by atoms with van der Waals surface area (Å²) < 4.78 is 0. The average molecular weight is 142 g/mol. The smallest absolute Gasteiger partial charge is 0.00107 e. The van der Waals surface area contributed by atoms with Crippen LogP contribution in [-0.4, -0.2) is 0 Å². The lowest BCUT2D eigenvalue weighted by molar-refractivity contribution is 1.41. The van der Waals surface area contributed by atoms with Gasteiger partial charge in [0.1, 0.15) is 0 Å². The van der Waals surface area contributed by atoms with Gasteiger partial charge < -0.3 is 0 Å². The number of hydrogen-bond donors (Lipinski definition) is 0. The molecule has 0 N–H and O–H groups in total. The van der Waals surface area contributed by atoms with Crippen LogP contribution in [0.1, 0.15) is 33.4 Å². The molecule has 2 aliphatic carbocycles. The first-order valence-electron chi connectivity index (χ1n) is 4.11. The molecule has 0 heterocycles. The normalized spacial score (nSPS) is 15.4. The Labute approximate surface area is 66.6 Å². The highest BCUT2D eigenvalue weighted by atomic mass is 14.4. The summed E-state index contributed by atoms with van der Waals surface area (Å²) in [6.45, 7) is 6.07. The summed E-state index contributed by atoms with van der Waals surface area (Å²) in [5.74, 6) is 0. The van der Waals surface area contributed by atoms with Crippen LogP contribution in [0.25, 0.3) is 6.08 Å². The van der Waals surface area contributed by atoms with Gasteiger partial charge in [0, 0.05) is 0 Å². The van der Waals surface area contributed by atoms with Crippen LogP contribution >= 0.6 is 0 Å². The van der Waals surface area contributed by atoms with Gasteiger partial charge in [0.15, 0.2) is 0 Å². The van der Waals surface area contributed by atoms with E-state index in [2.05, 4.69) is 13.5 Å². The molecule has 0 amide bonds. The molecule has 2 aliphatic rings. The van der Waals surface area contributed by atoms with Crippen LogP contribution < -0.4 is 0 Å². The Bertz CT molecular complexity index is 384. The van der Waals surface area contributed by atoms with Gasteiger partial charge in [0.25, 0.3) is 0 Å². The van der Waals surface area contributed by atoms with Crippen LogP contribution in [0.5, 0.6) is 0 Å². The van der Waals surface area contributed by atoms with Crippen molar-refractivity contribution in [3.8, 4) is 0 Å². The quantitative estimate of drug-likeness (QED) is 0.489. The summed E-state index contributed by atoms with van der Waals surface area (Å²) in [6.07, 6.45) is 4.53. The molecule has 3 rings (SSSR count). The van der Waals surface area contributed by atoms with E-state index in [9.17, 15) is 0 Å². The summed E-state index contributed by atoms with van der Waals surface area (Å²) in [6, 6.07) is 0. The highest BCUT2D eigenvalue weighted by Gasteiger charge is 2.35. The molecule has 0 spiro atoms. The van der Waals surface area contributed by atoms with Gasteiger partial charge in [-0.15, -0.1) is 0 Å². The molecule has 0 radical (unpaired) electrons. The molecule has 0 aromatic heterocycles. The van der Waals surface area contributed by atoms with Crippen LogP contribution in [-0.2, 0) is 12.8 Å². The fourth-order valence-corrected chi connectivity index (χ4v) is 2.12. The van der Waals surface area contributed by atoms with E-state index in [-0.39, 0.29) is 0 Å². The highest BCUT2D eigenvalue weighted by molar-refractivity contribution is 5.76. The highest BCUT2D eigenvalue weighted by Crippen LogP contribution is 2.48. The zero-order valence-electron chi connectivity index (χ0n) is 6.70. The number of benzene rings is 1. The average Bonchev–Trinajstić information content (AvgIpc) is 2.81. The number of fused-ring (bicyclic) bond motifs is 3. The van der Waals surface area contributed by atoms with Crippen LogP contribution in [0.3, 0.4) is 0 Å². The minimum absolute atomic E-state index is 1.25. The molecule has 1 aromatic rings. The zero-order chi connectivity index (χ0) is 7.59. The Morgan fingerprint density at radius 1 is 1.09 bits per heavy atom. The number of rotatable bonds is 1. The van der Waals surface area contributed by atoms with Crippen molar-refractivity contribution >= 4 is 6.08 Å². The predicted molar refractivity (Wildman–Crippen MR) is 46.9 cm³/mol. The standard InChI is InChI=1S/C11H10/c1-3-7-6(2)8-4-10(8)11-5-9(7)11/h3H,1,4-5H2,2H3. The second kappa shape index (κ2) is 1.42. The lowest BCUT2D eigenvalue weighted by atomic mass is 10.1. The van der Waals surface area contributed by atoms with E-state index in [4.69, 9.17) is 0 Å². The predicted octanol–water partition coefficient (Wildman–Crippen LogP) is 2.45. The van der Waals surface area contributed by atoms with Gasteiger partial charge in [-0.05, 0) is 53.1 Å². The lowest BCUT2D eigenvalue weighted by Gasteiger charge is -1.95. The van der Waals surface area contributed by atoms with Crippen molar-refractivity contribution in [2.75, 3.05) is 0 Å². The van der Waals surface area contributed by atoms with E-state index in [0.29, 0.717) is 0 Å². The Kier molecular flexibility index (Phi) is 0.724. The fraction of sp³-hybridized carbons (Fsp3) is 0.273. The van der Waals surface area contributed by atoms with Gasteiger partial charge in [0.05, 0.1) is 0 Å². The summed E-state index contributed by atoms with van der Waals surface area (Å²) in [5.41, 5.74) is 9.40. The van der Waals surface area contributed by atoms with Gasteiger partial charge in [0.2, 0.25) is 0 Å². The second-order valence-corrected chi connectivity index (χ2v) is 3.51. The van der Waals surface area contributed by atoms with Crippen LogP contribution in [0.15, 0.2) is 6.58 Å². The van der Waals surface area contributed by atoms with Gasteiger partial charge in [-0.25, -0.2) is 0 Å². The molecule has 1 aromatic carbocycles. The first kappa shape index (κ1) is 5.59. The SMILES string of the molecule is C=Cc1c(C)c2c(c3c1C3)C2. The van der Waals surface area contributed by atoms with Crippen molar-refractivity contribution in [3.05, 3.63) is 40.0 Å². The molecule has 0 fully saturated rings. The minimum Gasteiger partial charge on any atom is -0.0984 e. The molecule has 0 nitrogen and oxygen atoms in total. The molecule has 0 atom stereocenters. The van der Waals surface area contributed by atoms with Crippen molar-refractivity contribution in [1.82, 2.24) is 0 Å². The molecular weight excluding hydrogens is 132 g/mol. The minimum atomic E-state index is 1.25. The molecule has 0 saturated heterocycles. The van der Waals surface area contributed by atoms with Gasteiger partial charge in [-0.2, -0.15) is 0 Å². The van der Waals surface area contributed by atoms with E-state index < -0.39 is 0 Å². The largest absolute Gasteiger partial charge is 0.0984 e. The summed E-state index contributed by atoms with van der Waals surface area (Å²) in [4.78, 5) is 0. The Hall–Kier alpha value is -1.04. The zero-order valence-corrected chi connectivity index (χ0v) is 6.70. The molecule has 0 aliphatic heterocycles. The maximum absolute atomic E-state index is 3.85. The molecule has 0 bridgehead atoms. The lowest BCUT2D eigenvalue weighted by Crippen LogP contribution is -1.77. The van der Waals surface area contributed by atoms with Gasteiger partial charge in [-0.3, -0.25) is 0 Å². The molecule has 54 valence electrons. The Morgan fingerprint density at radius 3 is 2.45 bits per heavy atom. The maximum atomic E-state index is 3.85. The first-order chi connectivity index (χ1) is 5.33. The summed E-state index contributed by atoms with van der Waals surface area (Å²) in [5, 5.41) is 0. The molecule has 0 heteroatoms. The van der Waals surface area contributed by atoms with Gasteiger partial charge >= 0.3 is 0 Å². The first-order valence-corrected chi connectivity index (χ1v) is 4.11. The van der Waals surface area contributed by atoms with E-state index in [0.717, 1.165) is 0 Å². The van der Waals surface area contributed by atoms with Crippen molar-refractivity contribution in [2.24, 2.45) is 0 Å². The van der Waals surface area contributed by atoms with E-state index >= 15 is 0 Å². The third-order valence-corrected chi connectivity index (χ3v) is 2.94. The van der Waals surface area contributed by atoms with E-state index in [1.54, 1.807) is 22.3 Å². The Balaban J connectivity index is 2.42. The third-order valence-electron chi connectivity index (χ3n) is 2.94. The van der Waals surface area contributed by atoms with Crippen LogP contribution in [0.4, 0.5) is 0 Å². The van der Waals surface area contributed by atoms with E-state index in [1.165, 1.54) is 24.0 Å². The molecular formula is C11H10. The van der Waals surface area contributed by atoms with E-state index in [1.807, 2.05) is 6.08 Å². The van der Waals surface area contributed by atoms with Crippen molar-refractivity contribution in [3.63, 3.8) is 0 Å². The van der Waals surface area contributed by atoms with Crippen molar-refractivity contribution in [2.45, 2.75) is 19.8 Å². The number of hydrogen-bond acceptors (Lipinski definition) is 0.